The lowest BCUT2D eigenvalue weighted by atomic mass is 9.82. The first kappa shape index (κ1) is 33.6. The van der Waals surface area contributed by atoms with Gasteiger partial charge in [0.05, 0.1) is 29.9 Å². The number of amides is 2. The standard InChI is InChI=1S/C33H48ClN5O3/c1-5-9-16-35-23-30(40)38-32-25(12-11-13-28(32)34)20-24-14-15-29-26(21-24)27(22-31(37-29)42-19-10-6-2)33(41)36-17-18-39(7-3)8-4/h11-15,21-22,26,29,35H,5-10,16-20,23H2,1-4H3,(H,36,41)(H,38,40). The molecule has 0 radical (unpaired) electrons. The molecule has 1 aliphatic heterocycles. The molecule has 8 nitrogen and oxygen atoms in total. The normalized spacial score (nSPS) is 17.7. The van der Waals surface area contributed by atoms with Crippen molar-refractivity contribution in [1.82, 2.24) is 15.5 Å². The molecule has 2 atom stereocenters. The van der Waals surface area contributed by atoms with E-state index in [2.05, 4.69) is 54.6 Å². The topological polar surface area (TPSA) is 95.1 Å². The van der Waals surface area contributed by atoms with E-state index in [9.17, 15) is 9.59 Å². The monoisotopic (exact) mass is 597 g/mol. The van der Waals surface area contributed by atoms with Gasteiger partial charge in [0.1, 0.15) is 0 Å². The Morgan fingerprint density at radius 2 is 1.86 bits per heavy atom. The van der Waals surface area contributed by atoms with E-state index in [1.807, 2.05) is 24.3 Å². The van der Waals surface area contributed by atoms with E-state index in [0.29, 0.717) is 41.8 Å². The Labute approximate surface area is 256 Å². The number of anilines is 1. The zero-order valence-electron chi connectivity index (χ0n) is 25.7. The highest BCUT2D eigenvalue weighted by atomic mass is 35.5. The maximum Gasteiger partial charge on any atom is 0.248 e. The van der Waals surface area contributed by atoms with Crippen molar-refractivity contribution in [2.75, 3.05) is 51.2 Å². The van der Waals surface area contributed by atoms with Crippen molar-refractivity contribution in [3.05, 3.63) is 64.2 Å². The number of benzene rings is 1. The summed E-state index contributed by atoms with van der Waals surface area (Å²) in [7, 11) is 0. The molecule has 1 aromatic rings. The molecule has 0 fully saturated rings. The van der Waals surface area contributed by atoms with Crippen LogP contribution in [0.15, 0.2) is 58.6 Å². The summed E-state index contributed by atoms with van der Waals surface area (Å²) in [6, 6.07) is 5.43. The van der Waals surface area contributed by atoms with Crippen molar-refractivity contribution in [1.29, 1.82) is 0 Å². The van der Waals surface area contributed by atoms with Crippen LogP contribution in [0.25, 0.3) is 0 Å². The SMILES string of the molecule is CCCCNCC(=O)Nc1c(Cl)cccc1CC1=CC2C(C(=O)NCCN(CC)CC)=CC(OCCCC)=NC2C=C1. The summed E-state index contributed by atoms with van der Waals surface area (Å²) in [6.45, 7) is 13.3. The zero-order chi connectivity index (χ0) is 30.3. The summed E-state index contributed by atoms with van der Waals surface area (Å²) in [5.41, 5.74) is 3.22. The number of hydrogen-bond donors (Lipinski definition) is 3. The number of nitrogens with zero attached hydrogens (tertiary/aromatic N) is 2. The summed E-state index contributed by atoms with van der Waals surface area (Å²) < 4.78 is 5.93. The number of hydrogen-bond acceptors (Lipinski definition) is 6. The molecule has 230 valence electrons. The summed E-state index contributed by atoms with van der Waals surface area (Å²) in [5, 5.41) is 9.78. The number of halogens is 1. The van der Waals surface area contributed by atoms with Gasteiger partial charge < -0.3 is 25.6 Å². The molecule has 2 unspecified atom stereocenters. The number of nitrogens with one attached hydrogen (secondary N) is 3. The van der Waals surface area contributed by atoms with Crippen LogP contribution >= 0.6 is 11.6 Å². The van der Waals surface area contributed by atoms with Gasteiger partial charge in [-0.3, -0.25) is 9.59 Å². The minimum Gasteiger partial charge on any atom is -0.478 e. The second kappa shape index (κ2) is 17.9. The largest absolute Gasteiger partial charge is 0.478 e. The molecule has 2 amide bonds. The van der Waals surface area contributed by atoms with Gasteiger partial charge in [0, 0.05) is 30.7 Å². The van der Waals surface area contributed by atoms with Gasteiger partial charge in [0.15, 0.2) is 0 Å². The van der Waals surface area contributed by atoms with Crippen LogP contribution in [0.4, 0.5) is 5.69 Å². The number of likely N-dealkylation sites (N-methyl/N-ethyl adjacent to an activating group) is 1. The van der Waals surface area contributed by atoms with Gasteiger partial charge in [-0.15, -0.1) is 0 Å². The van der Waals surface area contributed by atoms with Crippen LogP contribution in [0.5, 0.6) is 0 Å². The molecule has 3 rings (SSSR count). The third-order valence-corrected chi connectivity index (χ3v) is 7.87. The highest BCUT2D eigenvalue weighted by Crippen LogP contribution is 2.34. The third kappa shape index (κ3) is 10.1. The molecule has 0 saturated carbocycles. The average molecular weight is 598 g/mol. The highest BCUT2D eigenvalue weighted by Gasteiger charge is 2.32. The Morgan fingerprint density at radius 1 is 1.07 bits per heavy atom. The van der Waals surface area contributed by atoms with E-state index < -0.39 is 0 Å². The van der Waals surface area contributed by atoms with Crippen molar-refractivity contribution in [3.8, 4) is 0 Å². The van der Waals surface area contributed by atoms with Crippen LogP contribution in [-0.4, -0.2) is 74.5 Å². The van der Waals surface area contributed by atoms with Crippen molar-refractivity contribution in [2.45, 2.75) is 65.8 Å². The van der Waals surface area contributed by atoms with Gasteiger partial charge in [-0.2, -0.15) is 0 Å². The van der Waals surface area contributed by atoms with E-state index in [4.69, 9.17) is 21.3 Å². The summed E-state index contributed by atoms with van der Waals surface area (Å²) in [4.78, 5) is 33.2. The summed E-state index contributed by atoms with van der Waals surface area (Å²) in [5.74, 6) is 0.0720. The maximum atomic E-state index is 13.5. The van der Waals surface area contributed by atoms with E-state index >= 15 is 0 Å². The Morgan fingerprint density at radius 3 is 2.60 bits per heavy atom. The fourth-order valence-corrected chi connectivity index (χ4v) is 5.25. The zero-order valence-corrected chi connectivity index (χ0v) is 26.4. The van der Waals surface area contributed by atoms with Crippen LogP contribution in [0.1, 0.15) is 58.9 Å². The molecule has 3 N–H and O–H groups in total. The summed E-state index contributed by atoms with van der Waals surface area (Å²) >= 11 is 6.54. The van der Waals surface area contributed by atoms with Crippen LogP contribution in [0, 0.1) is 5.92 Å². The van der Waals surface area contributed by atoms with Crippen molar-refractivity contribution < 1.29 is 14.3 Å². The Bertz CT molecular complexity index is 1170. The highest BCUT2D eigenvalue weighted by molar-refractivity contribution is 6.34. The van der Waals surface area contributed by atoms with E-state index in [1.165, 1.54) is 0 Å². The van der Waals surface area contributed by atoms with Gasteiger partial charge in [-0.25, -0.2) is 4.99 Å². The quantitative estimate of drug-likeness (QED) is 0.212. The molecule has 1 heterocycles. The molecule has 0 saturated heterocycles. The third-order valence-electron chi connectivity index (χ3n) is 7.55. The predicted molar refractivity (Wildman–Crippen MR) is 173 cm³/mol. The van der Waals surface area contributed by atoms with Gasteiger partial charge in [-0.1, -0.05) is 82.5 Å². The van der Waals surface area contributed by atoms with E-state index in [0.717, 1.165) is 63.0 Å². The first-order chi connectivity index (χ1) is 20.4. The minimum absolute atomic E-state index is 0.0965. The number of fused-ring (bicyclic) bond motifs is 1. The number of para-hydroxylation sites is 1. The van der Waals surface area contributed by atoms with E-state index in [1.54, 1.807) is 12.1 Å². The first-order valence-corrected chi connectivity index (χ1v) is 15.9. The molecular formula is C33H48ClN5O3. The summed E-state index contributed by atoms with van der Waals surface area (Å²) in [6.07, 6.45) is 12.6. The van der Waals surface area contributed by atoms with Crippen LogP contribution in [-0.2, 0) is 20.7 Å². The number of allylic oxidation sites excluding steroid dienone is 2. The fourth-order valence-electron chi connectivity index (χ4n) is 5.00. The van der Waals surface area contributed by atoms with Gasteiger partial charge >= 0.3 is 0 Å². The second-order valence-electron chi connectivity index (χ2n) is 10.7. The molecular weight excluding hydrogens is 550 g/mol. The lowest BCUT2D eigenvalue weighted by Crippen LogP contribution is -2.39. The number of carbonyl (C=O) groups is 2. The second-order valence-corrected chi connectivity index (χ2v) is 11.1. The molecule has 2 aliphatic rings. The van der Waals surface area contributed by atoms with Gasteiger partial charge in [0.2, 0.25) is 17.7 Å². The molecule has 1 aliphatic carbocycles. The van der Waals surface area contributed by atoms with Gasteiger partial charge in [-0.05, 0) is 56.1 Å². The number of unbranched alkanes of at least 4 members (excludes halogenated alkanes) is 2. The van der Waals surface area contributed by atoms with Crippen molar-refractivity contribution in [3.63, 3.8) is 0 Å². The molecule has 1 aromatic carbocycles. The predicted octanol–water partition coefficient (Wildman–Crippen LogP) is 5.30. The fraction of sp³-hybridized carbons (Fsp3) is 0.545. The smallest absolute Gasteiger partial charge is 0.248 e. The minimum atomic E-state index is -0.216. The van der Waals surface area contributed by atoms with Crippen LogP contribution in [0.3, 0.4) is 0 Å². The molecule has 9 heteroatoms. The van der Waals surface area contributed by atoms with E-state index in [-0.39, 0.29) is 30.3 Å². The van der Waals surface area contributed by atoms with Crippen LogP contribution < -0.4 is 16.0 Å². The maximum absolute atomic E-state index is 13.5. The lowest BCUT2D eigenvalue weighted by molar-refractivity contribution is -0.118. The number of aliphatic imine (C=N–C) groups is 1. The van der Waals surface area contributed by atoms with Crippen LogP contribution in [0.2, 0.25) is 5.02 Å². The Hall–Kier alpha value is -2.94. The number of dihydropyridines is 1. The average Bonchev–Trinajstić information content (AvgIpc) is 2.99. The Balaban J connectivity index is 1.78. The number of carbonyl (C=O) groups excluding carboxylic acids is 2. The molecule has 0 spiro atoms. The Kier molecular flexibility index (Phi) is 14.3. The molecule has 0 aromatic heterocycles. The first-order valence-electron chi connectivity index (χ1n) is 15.5. The lowest BCUT2D eigenvalue weighted by Gasteiger charge is -2.29. The number of ether oxygens (including phenoxy) is 1. The molecule has 0 bridgehead atoms. The van der Waals surface area contributed by atoms with Crippen molar-refractivity contribution in [2.24, 2.45) is 10.9 Å². The number of rotatable bonds is 17. The molecule has 42 heavy (non-hydrogen) atoms. The van der Waals surface area contributed by atoms with Crippen molar-refractivity contribution >= 4 is 35.0 Å². The van der Waals surface area contributed by atoms with Gasteiger partial charge in [0.25, 0.3) is 0 Å².